The van der Waals surface area contributed by atoms with Crippen LogP contribution in [-0.2, 0) is 6.42 Å². The first-order chi connectivity index (χ1) is 15.1. The predicted molar refractivity (Wildman–Crippen MR) is 116 cm³/mol. The highest BCUT2D eigenvalue weighted by molar-refractivity contribution is 5.93. The minimum atomic E-state index is -0.501. The Balaban J connectivity index is 1.34. The van der Waals surface area contributed by atoms with Gasteiger partial charge in [-0.25, -0.2) is 4.98 Å². The van der Waals surface area contributed by atoms with Gasteiger partial charge in [-0.15, -0.1) is 0 Å². The summed E-state index contributed by atoms with van der Waals surface area (Å²) in [6, 6.07) is 22.2. The van der Waals surface area contributed by atoms with E-state index in [9.17, 15) is 9.90 Å². The summed E-state index contributed by atoms with van der Waals surface area (Å²) in [5.74, 6) is 0.177. The quantitative estimate of drug-likeness (QED) is 0.459. The van der Waals surface area contributed by atoms with E-state index in [1.807, 2.05) is 36.4 Å². The number of rotatable bonds is 5. The molecular formula is C25H21N3O3. The van der Waals surface area contributed by atoms with Gasteiger partial charge in [-0.3, -0.25) is 4.79 Å². The Labute approximate surface area is 179 Å². The van der Waals surface area contributed by atoms with E-state index in [1.165, 1.54) is 6.26 Å². The van der Waals surface area contributed by atoms with Gasteiger partial charge in [-0.05, 0) is 46.4 Å². The maximum Gasteiger partial charge on any atom is 0.273 e. The van der Waals surface area contributed by atoms with Crippen LogP contribution in [-0.4, -0.2) is 16.0 Å². The Bertz CT molecular complexity index is 1200. The maximum absolute atomic E-state index is 12.9. The van der Waals surface area contributed by atoms with Gasteiger partial charge in [-0.1, -0.05) is 60.7 Å². The Morgan fingerprint density at radius 2 is 1.61 bits per heavy atom. The SMILES string of the molecule is NC(Cc1ccc(O)cc1)c1nc(C(=O)NC2c3ccccc3-c3ccccc32)co1. The first-order valence-corrected chi connectivity index (χ1v) is 10.1. The number of nitrogens with zero attached hydrogens (tertiary/aromatic N) is 1. The van der Waals surface area contributed by atoms with Crippen molar-refractivity contribution in [2.45, 2.75) is 18.5 Å². The van der Waals surface area contributed by atoms with Gasteiger partial charge < -0.3 is 20.6 Å². The number of phenolic OH excluding ortho intramolecular Hbond substituents is 1. The first-order valence-electron chi connectivity index (χ1n) is 10.1. The molecule has 0 spiro atoms. The van der Waals surface area contributed by atoms with Crippen molar-refractivity contribution in [3.63, 3.8) is 0 Å². The van der Waals surface area contributed by atoms with Crippen molar-refractivity contribution in [1.82, 2.24) is 10.3 Å². The number of nitrogens with one attached hydrogen (secondary N) is 1. The van der Waals surface area contributed by atoms with Crippen LogP contribution in [0.1, 0.15) is 45.2 Å². The minimum absolute atomic E-state index is 0.193. The van der Waals surface area contributed by atoms with Gasteiger partial charge in [0.05, 0.1) is 12.1 Å². The monoisotopic (exact) mass is 411 g/mol. The lowest BCUT2D eigenvalue weighted by molar-refractivity contribution is 0.0938. The zero-order chi connectivity index (χ0) is 21.4. The van der Waals surface area contributed by atoms with Crippen LogP contribution in [0.4, 0.5) is 0 Å². The molecular weight excluding hydrogens is 390 g/mol. The number of carbonyl (C=O) groups excluding carboxylic acids is 1. The second-order valence-corrected chi connectivity index (χ2v) is 7.63. The Kier molecular flexibility index (Phi) is 4.76. The van der Waals surface area contributed by atoms with E-state index in [0.29, 0.717) is 12.3 Å². The molecule has 5 rings (SSSR count). The number of amides is 1. The molecule has 0 bridgehead atoms. The van der Waals surface area contributed by atoms with Gasteiger partial charge in [0, 0.05) is 0 Å². The lowest BCUT2D eigenvalue weighted by Crippen LogP contribution is -2.28. The van der Waals surface area contributed by atoms with Crippen molar-refractivity contribution in [1.29, 1.82) is 0 Å². The van der Waals surface area contributed by atoms with E-state index >= 15 is 0 Å². The van der Waals surface area contributed by atoms with E-state index in [4.69, 9.17) is 10.2 Å². The molecule has 1 aliphatic rings. The first kappa shape index (κ1) is 19.1. The molecule has 1 aliphatic carbocycles. The molecule has 0 fully saturated rings. The molecule has 1 heterocycles. The van der Waals surface area contributed by atoms with E-state index in [-0.39, 0.29) is 23.4 Å². The van der Waals surface area contributed by atoms with Crippen LogP contribution in [0.2, 0.25) is 0 Å². The second kappa shape index (κ2) is 7.74. The molecule has 0 saturated heterocycles. The average molecular weight is 411 g/mol. The fourth-order valence-corrected chi connectivity index (χ4v) is 4.05. The molecule has 6 nitrogen and oxygen atoms in total. The normalized spacial score (nSPS) is 13.5. The molecule has 1 aromatic heterocycles. The molecule has 0 aliphatic heterocycles. The number of oxazole rings is 1. The number of phenols is 1. The van der Waals surface area contributed by atoms with E-state index < -0.39 is 6.04 Å². The van der Waals surface area contributed by atoms with Gasteiger partial charge in [0.25, 0.3) is 5.91 Å². The van der Waals surface area contributed by atoms with Gasteiger partial charge >= 0.3 is 0 Å². The van der Waals surface area contributed by atoms with Crippen molar-refractivity contribution >= 4 is 5.91 Å². The van der Waals surface area contributed by atoms with Crippen molar-refractivity contribution in [3.05, 3.63) is 107 Å². The third kappa shape index (κ3) is 3.58. The van der Waals surface area contributed by atoms with Gasteiger partial charge in [0.2, 0.25) is 5.89 Å². The van der Waals surface area contributed by atoms with Gasteiger partial charge in [0.15, 0.2) is 5.69 Å². The molecule has 1 unspecified atom stereocenters. The number of benzene rings is 3. The standard InChI is InChI=1S/C25H21N3O3/c26-21(13-15-9-11-16(29)12-10-15)25-27-22(14-31-25)24(30)28-23-19-7-3-1-5-17(19)18-6-2-4-8-20(18)23/h1-12,14,21,23,29H,13,26H2,(H,28,30). The summed E-state index contributed by atoms with van der Waals surface area (Å²) in [5.41, 5.74) is 11.7. The van der Waals surface area contributed by atoms with Crippen LogP contribution >= 0.6 is 0 Å². The largest absolute Gasteiger partial charge is 0.508 e. The lowest BCUT2D eigenvalue weighted by atomic mass is 10.1. The predicted octanol–water partition coefficient (Wildman–Crippen LogP) is 4.12. The average Bonchev–Trinajstić information content (AvgIpc) is 3.40. The number of hydrogen-bond donors (Lipinski definition) is 3. The molecule has 0 radical (unpaired) electrons. The molecule has 1 atom stereocenters. The Morgan fingerprint density at radius 3 is 2.26 bits per heavy atom. The van der Waals surface area contributed by atoms with Crippen molar-refractivity contribution in [2.75, 3.05) is 0 Å². The smallest absolute Gasteiger partial charge is 0.273 e. The van der Waals surface area contributed by atoms with E-state index in [2.05, 4.69) is 22.4 Å². The summed E-state index contributed by atoms with van der Waals surface area (Å²) in [7, 11) is 0. The summed E-state index contributed by atoms with van der Waals surface area (Å²) < 4.78 is 5.50. The Hall–Kier alpha value is -3.90. The summed E-state index contributed by atoms with van der Waals surface area (Å²) in [6.45, 7) is 0. The topological polar surface area (TPSA) is 101 Å². The third-order valence-electron chi connectivity index (χ3n) is 5.57. The van der Waals surface area contributed by atoms with Gasteiger partial charge in [0.1, 0.15) is 12.0 Å². The van der Waals surface area contributed by atoms with Crippen molar-refractivity contribution < 1.29 is 14.3 Å². The van der Waals surface area contributed by atoms with Gasteiger partial charge in [-0.2, -0.15) is 0 Å². The van der Waals surface area contributed by atoms with Crippen LogP contribution < -0.4 is 11.1 Å². The zero-order valence-electron chi connectivity index (χ0n) is 16.7. The van der Waals surface area contributed by atoms with Crippen LogP contribution in [0.3, 0.4) is 0 Å². The molecule has 154 valence electrons. The molecule has 31 heavy (non-hydrogen) atoms. The minimum Gasteiger partial charge on any atom is -0.508 e. The number of aromatic hydroxyl groups is 1. The fourth-order valence-electron chi connectivity index (χ4n) is 4.05. The number of carbonyl (C=O) groups is 1. The number of nitrogens with two attached hydrogens (primary N) is 1. The molecule has 4 aromatic rings. The molecule has 6 heteroatoms. The van der Waals surface area contributed by atoms with Crippen molar-refractivity contribution in [3.8, 4) is 16.9 Å². The van der Waals surface area contributed by atoms with Crippen LogP contribution in [0, 0.1) is 0 Å². The number of aromatic nitrogens is 1. The molecule has 4 N–H and O–H groups in total. The van der Waals surface area contributed by atoms with E-state index in [1.54, 1.807) is 24.3 Å². The van der Waals surface area contributed by atoms with E-state index in [0.717, 1.165) is 27.8 Å². The van der Waals surface area contributed by atoms with Crippen LogP contribution in [0.25, 0.3) is 11.1 Å². The lowest BCUT2D eigenvalue weighted by Gasteiger charge is -2.15. The molecule has 3 aromatic carbocycles. The van der Waals surface area contributed by atoms with Crippen LogP contribution in [0.5, 0.6) is 5.75 Å². The number of hydrogen-bond acceptors (Lipinski definition) is 5. The summed E-state index contributed by atoms with van der Waals surface area (Å²) >= 11 is 0. The second-order valence-electron chi connectivity index (χ2n) is 7.63. The highest BCUT2D eigenvalue weighted by Crippen LogP contribution is 2.43. The number of fused-ring (bicyclic) bond motifs is 3. The highest BCUT2D eigenvalue weighted by Gasteiger charge is 2.30. The van der Waals surface area contributed by atoms with Crippen LogP contribution in [0.15, 0.2) is 83.5 Å². The molecule has 0 saturated carbocycles. The molecule has 1 amide bonds. The summed E-state index contributed by atoms with van der Waals surface area (Å²) in [5, 5.41) is 12.5. The van der Waals surface area contributed by atoms with Crippen molar-refractivity contribution in [2.24, 2.45) is 5.73 Å². The maximum atomic E-state index is 12.9. The highest BCUT2D eigenvalue weighted by atomic mass is 16.3. The zero-order valence-corrected chi connectivity index (χ0v) is 16.7. The summed E-state index contributed by atoms with van der Waals surface area (Å²) in [6.07, 6.45) is 1.82. The third-order valence-corrected chi connectivity index (χ3v) is 5.57. The fraction of sp³-hybridized carbons (Fsp3) is 0.120. The Morgan fingerprint density at radius 1 is 1.00 bits per heavy atom. The summed E-state index contributed by atoms with van der Waals surface area (Å²) in [4.78, 5) is 17.3.